The van der Waals surface area contributed by atoms with Crippen LogP contribution in [0.1, 0.15) is 188 Å². The molecule has 0 amide bonds. The Morgan fingerprint density at radius 2 is 0.765 bits per heavy atom. The summed E-state index contributed by atoms with van der Waals surface area (Å²) in [6.45, 7) is 9.62. The van der Waals surface area contributed by atoms with Gasteiger partial charge in [-0.2, -0.15) is 0 Å². The SMILES string of the molecule is CCCCCCCCCCCCC(C)(CCCCCCCCCC)C(=O)OCCCCCCC. The number of rotatable bonds is 27. The van der Waals surface area contributed by atoms with Gasteiger partial charge in [0.15, 0.2) is 0 Å². The van der Waals surface area contributed by atoms with Crippen LogP contribution in [0, 0.1) is 5.41 Å². The summed E-state index contributed by atoms with van der Waals surface area (Å²) in [7, 11) is 0. The number of unbranched alkanes of at least 4 members (excludes halogenated alkanes) is 20. The standard InChI is InChI=1S/C32H64O2/c1-5-8-11-14-16-18-19-21-23-26-29-32(4,28-25-22-20-17-15-12-9-6-2)31(33)34-30-27-24-13-10-7-3/h5-30H2,1-4H3. The lowest BCUT2D eigenvalue weighted by Crippen LogP contribution is -2.30. The summed E-state index contributed by atoms with van der Waals surface area (Å²) >= 11 is 0. The predicted molar refractivity (Wildman–Crippen MR) is 152 cm³/mol. The Labute approximate surface area is 215 Å². The first-order valence-electron chi connectivity index (χ1n) is 15.8. The third-order valence-corrected chi connectivity index (χ3v) is 7.64. The molecule has 0 spiro atoms. The van der Waals surface area contributed by atoms with E-state index >= 15 is 0 Å². The molecule has 204 valence electrons. The smallest absolute Gasteiger partial charge is 0.311 e. The molecule has 2 nitrogen and oxygen atoms in total. The van der Waals surface area contributed by atoms with Crippen molar-refractivity contribution in [3.63, 3.8) is 0 Å². The van der Waals surface area contributed by atoms with E-state index in [-0.39, 0.29) is 11.4 Å². The van der Waals surface area contributed by atoms with E-state index in [9.17, 15) is 4.79 Å². The summed E-state index contributed by atoms with van der Waals surface area (Å²) in [5.41, 5.74) is -0.272. The van der Waals surface area contributed by atoms with E-state index in [1.165, 1.54) is 141 Å². The Hall–Kier alpha value is -0.530. The largest absolute Gasteiger partial charge is 0.465 e. The van der Waals surface area contributed by atoms with E-state index in [2.05, 4.69) is 27.7 Å². The monoisotopic (exact) mass is 480 g/mol. The van der Waals surface area contributed by atoms with Crippen molar-refractivity contribution in [2.24, 2.45) is 5.41 Å². The van der Waals surface area contributed by atoms with Crippen molar-refractivity contribution in [3.8, 4) is 0 Å². The van der Waals surface area contributed by atoms with Crippen LogP contribution in [0.15, 0.2) is 0 Å². The van der Waals surface area contributed by atoms with Gasteiger partial charge < -0.3 is 4.74 Å². The van der Waals surface area contributed by atoms with E-state index in [0.717, 1.165) is 19.3 Å². The maximum atomic E-state index is 13.1. The molecule has 0 radical (unpaired) electrons. The Morgan fingerprint density at radius 1 is 0.471 bits per heavy atom. The fourth-order valence-corrected chi connectivity index (χ4v) is 5.03. The Kier molecular flexibility index (Phi) is 25.2. The number of hydrogen-bond acceptors (Lipinski definition) is 2. The van der Waals surface area contributed by atoms with E-state index in [1.807, 2.05) is 0 Å². The van der Waals surface area contributed by atoms with Crippen LogP contribution in [0.5, 0.6) is 0 Å². The summed E-state index contributed by atoms with van der Waals surface area (Å²) in [6.07, 6.45) is 32.1. The first kappa shape index (κ1) is 33.5. The number of carbonyl (C=O) groups is 1. The first-order valence-corrected chi connectivity index (χ1v) is 15.8. The van der Waals surface area contributed by atoms with Gasteiger partial charge in [-0.3, -0.25) is 4.79 Å². The number of carbonyl (C=O) groups excluding carboxylic acids is 1. The van der Waals surface area contributed by atoms with Crippen LogP contribution in [-0.4, -0.2) is 12.6 Å². The lowest BCUT2D eigenvalue weighted by atomic mass is 9.79. The van der Waals surface area contributed by atoms with E-state index in [4.69, 9.17) is 4.74 Å². The second kappa shape index (κ2) is 25.6. The normalized spacial score (nSPS) is 13.2. The zero-order valence-corrected chi connectivity index (χ0v) is 24.2. The molecule has 1 atom stereocenters. The summed E-state index contributed by atoms with van der Waals surface area (Å²) in [5.74, 6) is 0.0851. The summed E-state index contributed by atoms with van der Waals surface area (Å²) < 4.78 is 5.81. The molecule has 1 unspecified atom stereocenters. The van der Waals surface area contributed by atoms with Crippen LogP contribution >= 0.6 is 0 Å². The van der Waals surface area contributed by atoms with Crippen LogP contribution in [-0.2, 0) is 9.53 Å². The van der Waals surface area contributed by atoms with Crippen molar-refractivity contribution < 1.29 is 9.53 Å². The highest BCUT2D eigenvalue weighted by Gasteiger charge is 2.33. The minimum absolute atomic E-state index is 0.0851. The summed E-state index contributed by atoms with van der Waals surface area (Å²) in [5, 5.41) is 0. The average molecular weight is 481 g/mol. The lowest BCUT2D eigenvalue weighted by molar-refractivity contribution is -0.156. The molecule has 0 aliphatic carbocycles. The van der Waals surface area contributed by atoms with Crippen LogP contribution in [0.25, 0.3) is 0 Å². The number of esters is 1. The quantitative estimate of drug-likeness (QED) is 0.0862. The maximum Gasteiger partial charge on any atom is 0.311 e. The second-order valence-electron chi connectivity index (χ2n) is 11.3. The molecule has 0 aromatic rings. The molecule has 0 bridgehead atoms. The second-order valence-corrected chi connectivity index (χ2v) is 11.3. The van der Waals surface area contributed by atoms with Gasteiger partial charge in [0, 0.05) is 0 Å². The molecule has 0 fully saturated rings. The van der Waals surface area contributed by atoms with Gasteiger partial charge in [-0.1, -0.05) is 162 Å². The van der Waals surface area contributed by atoms with Crippen LogP contribution in [0.4, 0.5) is 0 Å². The highest BCUT2D eigenvalue weighted by Crippen LogP contribution is 2.33. The molecule has 0 aliphatic heterocycles. The van der Waals surface area contributed by atoms with Crippen LogP contribution < -0.4 is 0 Å². The fraction of sp³-hybridized carbons (Fsp3) is 0.969. The molecule has 0 saturated heterocycles. The minimum atomic E-state index is -0.272. The first-order chi connectivity index (χ1) is 16.6. The van der Waals surface area contributed by atoms with Gasteiger partial charge >= 0.3 is 5.97 Å². The maximum absolute atomic E-state index is 13.1. The lowest BCUT2D eigenvalue weighted by Gasteiger charge is -2.27. The molecule has 0 heterocycles. The molecular weight excluding hydrogens is 416 g/mol. The average Bonchev–Trinajstić information content (AvgIpc) is 2.84. The number of ether oxygens (including phenoxy) is 1. The van der Waals surface area contributed by atoms with Crippen molar-refractivity contribution in [2.75, 3.05) is 6.61 Å². The highest BCUT2D eigenvalue weighted by atomic mass is 16.5. The Balaban J connectivity index is 4.23. The van der Waals surface area contributed by atoms with Crippen molar-refractivity contribution in [3.05, 3.63) is 0 Å². The molecular formula is C32H64O2. The topological polar surface area (TPSA) is 26.3 Å². The molecule has 2 heteroatoms. The van der Waals surface area contributed by atoms with Gasteiger partial charge in [-0.05, 0) is 26.2 Å². The van der Waals surface area contributed by atoms with Crippen molar-refractivity contribution in [1.82, 2.24) is 0 Å². The molecule has 0 rings (SSSR count). The van der Waals surface area contributed by atoms with Crippen molar-refractivity contribution >= 4 is 5.97 Å². The number of hydrogen-bond donors (Lipinski definition) is 0. The molecule has 0 aliphatic rings. The van der Waals surface area contributed by atoms with Crippen LogP contribution in [0.3, 0.4) is 0 Å². The van der Waals surface area contributed by atoms with E-state index in [0.29, 0.717) is 6.61 Å². The fourth-order valence-electron chi connectivity index (χ4n) is 5.03. The zero-order valence-electron chi connectivity index (χ0n) is 24.2. The van der Waals surface area contributed by atoms with E-state index < -0.39 is 0 Å². The minimum Gasteiger partial charge on any atom is -0.465 e. The van der Waals surface area contributed by atoms with Gasteiger partial charge in [-0.15, -0.1) is 0 Å². The highest BCUT2D eigenvalue weighted by molar-refractivity contribution is 5.76. The molecule has 0 N–H and O–H groups in total. The van der Waals surface area contributed by atoms with Gasteiger partial charge in [0.2, 0.25) is 0 Å². The Morgan fingerprint density at radius 3 is 1.12 bits per heavy atom. The molecule has 0 aromatic carbocycles. The van der Waals surface area contributed by atoms with Crippen molar-refractivity contribution in [1.29, 1.82) is 0 Å². The predicted octanol–water partition coefficient (Wildman–Crippen LogP) is 11.3. The summed E-state index contributed by atoms with van der Waals surface area (Å²) in [4.78, 5) is 13.1. The Bertz CT molecular complexity index is 419. The summed E-state index contributed by atoms with van der Waals surface area (Å²) in [6, 6.07) is 0. The van der Waals surface area contributed by atoms with Gasteiger partial charge in [-0.25, -0.2) is 0 Å². The van der Waals surface area contributed by atoms with Gasteiger partial charge in [0.1, 0.15) is 0 Å². The molecule has 0 saturated carbocycles. The molecule has 34 heavy (non-hydrogen) atoms. The van der Waals surface area contributed by atoms with E-state index in [1.54, 1.807) is 0 Å². The third kappa shape index (κ3) is 20.8. The third-order valence-electron chi connectivity index (χ3n) is 7.64. The van der Waals surface area contributed by atoms with Crippen molar-refractivity contribution in [2.45, 2.75) is 188 Å². The molecule has 0 aromatic heterocycles. The zero-order chi connectivity index (χ0) is 25.2. The van der Waals surface area contributed by atoms with Crippen LogP contribution in [0.2, 0.25) is 0 Å². The van der Waals surface area contributed by atoms with Gasteiger partial charge in [0.25, 0.3) is 0 Å². The van der Waals surface area contributed by atoms with Gasteiger partial charge in [0.05, 0.1) is 12.0 Å².